The molecule has 3 heterocycles. The molecule has 3 rings (SSSR count). The number of esters is 2. The zero-order chi connectivity index (χ0) is 18.7. The number of ketones is 1. The summed E-state index contributed by atoms with van der Waals surface area (Å²) in [5.41, 5.74) is 0.222. The quantitative estimate of drug-likeness (QED) is 0.398. The molecular weight excluding hydrogens is 338 g/mol. The van der Waals surface area contributed by atoms with Crippen LogP contribution in [0.2, 0.25) is 0 Å². The van der Waals surface area contributed by atoms with Crippen LogP contribution in [0.1, 0.15) is 37.0 Å². The second-order valence-electron chi connectivity index (χ2n) is 5.25. The fraction of sp³-hybridized carbons (Fsp3) is 0.105. The van der Waals surface area contributed by atoms with Gasteiger partial charge in [-0.25, -0.2) is 9.59 Å². The zero-order valence-electron chi connectivity index (χ0n) is 14.1. The van der Waals surface area contributed by atoms with Gasteiger partial charge in [0.15, 0.2) is 0 Å². The molecule has 0 fully saturated rings. The van der Waals surface area contributed by atoms with Gasteiger partial charge in [0.1, 0.15) is 22.6 Å². The van der Waals surface area contributed by atoms with Crippen molar-refractivity contribution in [3.63, 3.8) is 0 Å². The maximum absolute atomic E-state index is 12.8. The molecule has 0 saturated carbocycles. The summed E-state index contributed by atoms with van der Waals surface area (Å²) in [5.74, 6) is -1.54. The zero-order valence-corrected chi connectivity index (χ0v) is 14.1. The fourth-order valence-electron chi connectivity index (χ4n) is 2.68. The van der Waals surface area contributed by atoms with Gasteiger partial charge in [-0.3, -0.25) is 4.79 Å². The van der Waals surface area contributed by atoms with E-state index < -0.39 is 17.7 Å². The molecule has 0 aliphatic carbocycles. The number of carbonyl (C=O) groups excluding carboxylic acids is 3. The minimum Gasteiger partial charge on any atom is -0.465 e. The van der Waals surface area contributed by atoms with Crippen molar-refractivity contribution in [2.24, 2.45) is 0 Å². The molecule has 26 heavy (non-hydrogen) atoms. The van der Waals surface area contributed by atoms with Crippen molar-refractivity contribution < 1.29 is 28.3 Å². The molecule has 0 aromatic carbocycles. The van der Waals surface area contributed by atoms with E-state index in [4.69, 9.17) is 13.9 Å². The fourth-order valence-corrected chi connectivity index (χ4v) is 2.68. The lowest BCUT2D eigenvalue weighted by Gasteiger charge is -2.03. The first-order valence-electron chi connectivity index (χ1n) is 7.64. The summed E-state index contributed by atoms with van der Waals surface area (Å²) in [6.45, 7) is 0. The number of allylic oxidation sites excluding steroid dienone is 1. The van der Waals surface area contributed by atoms with E-state index in [2.05, 4.69) is 0 Å². The molecular formula is C19H15NO6. The Morgan fingerprint density at radius 2 is 1.73 bits per heavy atom. The highest BCUT2D eigenvalue weighted by atomic mass is 16.5. The Balaban J connectivity index is 2.24. The lowest BCUT2D eigenvalue weighted by molar-refractivity contribution is 0.0556. The molecule has 0 spiro atoms. The number of carbonyl (C=O) groups is 3. The molecule has 7 heteroatoms. The Morgan fingerprint density at radius 1 is 1.00 bits per heavy atom. The molecule has 0 saturated heterocycles. The second kappa shape index (κ2) is 7.10. The van der Waals surface area contributed by atoms with E-state index in [0.29, 0.717) is 11.3 Å². The standard InChI is InChI=1S/C19H15NO6/c1-24-18(22)15-13-7-3-4-10-20(13)17(16(15)19(23)25-2)14(21)9-8-12-6-5-11-26-12/h3-11H,1-2H3/b9-8+. The van der Waals surface area contributed by atoms with Gasteiger partial charge in [0, 0.05) is 6.20 Å². The first-order chi connectivity index (χ1) is 12.6. The van der Waals surface area contributed by atoms with E-state index in [0.717, 1.165) is 0 Å². The predicted molar refractivity (Wildman–Crippen MR) is 92.1 cm³/mol. The number of pyridine rings is 1. The number of nitrogens with zero attached hydrogens (tertiary/aromatic N) is 1. The summed E-state index contributed by atoms with van der Waals surface area (Å²) in [5, 5.41) is 0. The topological polar surface area (TPSA) is 87.2 Å². The third-order valence-corrected chi connectivity index (χ3v) is 3.80. The summed E-state index contributed by atoms with van der Waals surface area (Å²) >= 11 is 0. The van der Waals surface area contributed by atoms with Crippen molar-refractivity contribution in [2.45, 2.75) is 0 Å². The lowest BCUT2D eigenvalue weighted by atomic mass is 10.1. The highest BCUT2D eigenvalue weighted by Gasteiger charge is 2.31. The van der Waals surface area contributed by atoms with Gasteiger partial charge in [-0.2, -0.15) is 0 Å². The lowest BCUT2D eigenvalue weighted by Crippen LogP contribution is -2.13. The average Bonchev–Trinajstić information content (AvgIpc) is 3.30. The Labute approximate surface area is 148 Å². The van der Waals surface area contributed by atoms with Crippen LogP contribution in [0.5, 0.6) is 0 Å². The van der Waals surface area contributed by atoms with Crippen LogP contribution >= 0.6 is 0 Å². The summed E-state index contributed by atoms with van der Waals surface area (Å²) < 4.78 is 16.2. The number of furan rings is 1. The van der Waals surface area contributed by atoms with E-state index in [9.17, 15) is 14.4 Å². The Hall–Kier alpha value is -3.61. The molecule has 0 atom stereocenters. The molecule has 0 bridgehead atoms. The Bertz CT molecular complexity index is 1010. The molecule has 0 aliphatic rings. The molecule has 0 unspecified atom stereocenters. The van der Waals surface area contributed by atoms with Crippen LogP contribution in [0.25, 0.3) is 11.6 Å². The highest BCUT2D eigenvalue weighted by molar-refractivity contribution is 6.18. The van der Waals surface area contributed by atoms with Crippen molar-refractivity contribution in [2.75, 3.05) is 14.2 Å². The number of fused-ring (bicyclic) bond motifs is 1. The van der Waals surface area contributed by atoms with E-state index in [1.165, 1.54) is 37.0 Å². The van der Waals surface area contributed by atoms with Crippen molar-refractivity contribution in [3.8, 4) is 0 Å². The highest BCUT2D eigenvalue weighted by Crippen LogP contribution is 2.26. The normalized spacial score (nSPS) is 11.0. The van der Waals surface area contributed by atoms with Crippen LogP contribution in [-0.4, -0.2) is 36.3 Å². The molecule has 132 valence electrons. The number of ether oxygens (including phenoxy) is 2. The van der Waals surface area contributed by atoms with Crippen LogP contribution in [0.3, 0.4) is 0 Å². The monoisotopic (exact) mass is 353 g/mol. The van der Waals surface area contributed by atoms with E-state index in [-0.39, 0.29) is 16.8 Å². The molecule has 0 aliphatic heterocycles. The van der Waals surface area contributed by atoms with Crippen LogP contribution in [0, 0.1) is 0 Å². The molecule has 0 amide bonds. The summed E-state index contributed by atoms with van der Waals surface area (Å²) in [6.07, 6.45) is 5.80. The minimum absolute atomic E-state index is 0.00987. The number of hydrogen-bond donors (Lipinski definition) is 0. The molecule has 7 nitrogen and oxygen atoms in total. The third-order valence-electron chi connectivity index (χ3n) is 3.80. The van der Waals surface area contributed by atoms with Crippen molar-refractivity contribution >= 4 is 29.3 Å². The molecule has 0 N–H and O–H groups in total. The van der Waals surface area contributed by atoms with E-state index in [1.54, 1.807) is 36.5 Å². The van der Waals surface area contributed by atoms with E-state index in [1.807, 2.05) is 0 Å². The Morgan fingerprint density at radius 3 is 2.38 bits per heavy atom. The average molecular weight is 353 g/mol. The van der Waals surface area contributed by atoms with Crippen LogP contribution in [-0.2, 0) is 9.47 Å². The second-order valence-corrected chi connectivity index (χ2v) is 5.25. The summed E-state index contributed by atoms with van der Waals surface area (Å²) in [4.78, 5) is 37.4. The molecule has 0 radical (unpaired) electrons. The maximum Gasteiger partial charge on any atom is 0.341 e. The first-order valence-corrected chi connectivity index (χ1v) is 7.64. The van der Waals surface area contributed by atoms with Gasteiger partial charge >= 0.3 is 11.9 Å². The van der Waals surface area contributed by atoms with Crippen molar-refractivity contribution in [1.82, 2.24) is 4.40 Å². The number of rotatable bonds is 5. The van der Waals surface area contributed by atoms with Gasteiger partial charge in [0.25, 0.3) is 0 Å². The molecule has 3 aromatic rings. The van der Waals surface area contributed by atoms with Crippen molar-refractivity contribution in [1.29, 1.82) is 0 Å². The van der Waals surface area contributed by atoms with Gasteiger partial charge in [-0.05, 0) is 36.4 Å². The van der Waals surface area contributed by atoms with Crippen molar-refractivity contribution in [3.05, 3.63) is 71.4 Å². The van der Waals surface area contributed by atoms with Gasteiger partial charge in [0.2, 0.25) is 5.78 Å². The maximum atomic E-state index is 12.8. The van der Waals surface area contributed by atoms with E-state index >= 15 is 0 Å². The van der Waals surface area contributed by atoms with Crippen LogP contribution in [0.4, 0.5) is 0 Å². The first kappa shape index (κ1) is 17.2. The van der Waals surface area contributed by atoms with Gasteiger partial charge < -0.3 is 18.3 Å². The molecule has 3 aromatic heterocycles. The third kappa shape index (κ3) is 2.90. The van der Waals surface area contributed by atoms with Gasteiger partial charge in [-0.1, -0.05) is 6.07 Å². The largest absolute Gasteiger partial charge is 0.465 e. The minimum atomic E-state index is -0.802. The predicted octanol–water partition coefficient (Wildman–Crippen LogP) is 3.00. The van der Waals surface area contributed by atoms with Gasteiger partial charge in [0.05, 0.1) is 26.0 Å². The SMILES string of the molecule is COC(=O)c1c(C(=O)OC)c2ccccn2c1C(=O)/C=C/c1ccco1. The Kier molecular flexibility index (Phi) is 4.70. The van der Waals surface area contributed by atoms with Gasteiger partial charge in [-0.15, -0.1) is 0 Å². The number of hydrogen-bond acceptors (Lipinski definition) is 6. The smallest absolute Gasteiger partial charge is 0.341 e. The van der Waals surface area contributed by atoms with Crippen LogP contribution < -0.4 is 0 Å². The summed E-state index contributed by atoms with van der Waals surface area (Å²) in [6, 6.07) is 8.36. The summed E-state index contributed by atoms with van der Waals surface area (Å²) in [7, 11) is 2.38. The number of methoxy groups -OCH3 is 2. The number of aromatic nitrogens is 1. The van der Waals surface area contributed by atoms with Crippen LogP contribution in [0.15, 0.2) is 53.3 Å².